The van der Waals surface area contributed by atoms with Gasteiger partial charge in [0.1, 0.15) is 0 Å². The highest BCUT2D eigenvalue weighted by Crippen LogP contribution is 2.29. The molecule has 1 heteroatoms. The first-order valence-corrected chi connectivity index (χ1v) is 4.91. The largest absolute Gasteiger partial charge is 0.317 e. The zero-order valence-corrected chi connectivity index (χ0v) is 8.06. The van der Waals surface area contributed by atoms with E-state index in [2.05, 4.69) is 26.2 Å². The van der Waals surface area contributed by atoms with Crippen LogP contribution in [0, 0.1) is 11.8 Å². The molecule has 0 heterocycles. The molecular weight excluding hydrogens is 134 g/mol. The maximum atomic E-state index is 3.39. The van der Waals surface area contributed by atoms with Gasteiger partial charge in [-0.25, -0.2) is 0 Å². The third-order valence-electron chi connectivity index (χ3n) is 3.07. The molecule has 1 saturated carbocycles. The van der Waals surface area contributed by atoms with Crippen molar-refractivity contribution in [1.29, 1.82) is 0 Å². The second-order valence-corrected chi connectivity index (χ2v) is 4.16. The molecular formula is C10H23N. The van der Waals surface area contributed by atoms with Gasteiger partial charge in [-0.05, 0) is 31.7 Å². The van der Waals surface area contributed by atoms with Gasteiger partial charge in [0.05, 0.1) is 0 Å². The summed E-state index contributed by atoms with van der Waals surface area (Å²) in [4.78, 5) is 0. The summed E-state index contributed by atoms with van der Waals surface area (Å²) in [6, 6.07) is 0.802. The maximum Gasteiger partial charge on any atom is 0.00668 e. The van der Waals surface area contributed by atoms with Gasteiger partial charge in [-0.1, -0.05) is 26.7 Å². The lowest BCUT2D eigenvalue weighted by molar-refractivity contribution is 0.238. The van der Waals surface area contributed by atoms with Gasteiger partial charge in [-0.2, -0.15) is 0 Å². The van der Waals surface area contributed by atoms with E-state index >= 15 is 0 Å². The molecule has 2 atom stereocenters. The molecule has 1 N–H and O–H groups in total. The fourth-order valence-electron chi connectivity index (χ4n) is 2.10. The molecule has 0 aromatic rings. The summed E-state index contributed by atoms with van der Waals surface area (Å²) >= 11 is 0. The van der Waals surface area contributed by atoms with Gasteiger partial charge in [0.2, 0.25) is 0 Å². The first kappa shape index (κ1) is 9.05. The zero-order valence-electron chi connectivity index (χ0n) is 8.06. The van der Waals surface area contributed by atoms with Crippen LogP contribution in [0.3, 0.4) is 0 Å². The lowest BCUT2D eigenvalue weighted by Crippen LogP contribution is -2.32. The molecule has 1 aliphatic carbocycles. The van der Waals surface area contributed by atoms with E-state index in [9.17, 15) is 0 Å². The second-order valence-electron chi connectivity index (χ2n) is 4.16. The number of hydrogen-bond donors (Lipinski definition) is 1. The molecule has 1 fully saturated rings. The summed E-state index contributed by atoms with van der Waals surface area (Å²) in [5.74, 6) is 1.85. The highest BCUT2D eigenvalue weighted by Gasteiger charge is 2.22. The van der Waals surface area contributed by atoms with Gasteiger partial charge >= 0.3 is 0 Å². The maximum absolute atomic E-state index is 3.39. The van der Waals surface area contributed by atoms with Crippen molar-refractivity contribution in [1.82, 2.24) is 5.32 Å². The van der Waals surface area contributed by atoms with Gasteiger partial charge in [0, 0.05) is 7.47 Å². The summed E-state index contributed by atoms with van der Waals surface area (Å²) < 4.78 is 0. The van der Waals surface area contributed by atoms with E-state index in [1.54, 1.807) is 0 Å². The molecule has 11 heavy (non-hydrogen) atoms. The number of rotatable bonds is 2. The Labute approximate surface area is 72.1 Å². The summed E-state index contributed by atoms with van der Waals surface area (Å²) in [7, 11) is 2.09. The molecule has 0 spiro atoms. The Hall–Kier alpha value is -0.0400. The third kappa shape index (κ3) is 2.48. The quantitative estimate of drug-likeness (QED) is 0.650. The number of hydrogen-bond acceptors (Lipinski definition) is 1. The van der Waals surface area contributed by atoms with E-state index in [0.717, 1.165) is 17.9 Å². The molecule has 1 nitrogen and oxygen atoms in total. The molecule has 0 bridgehead atoms. The Bertz CT molecular complexity index is 114. The predicted molar refractivity (Wildman–Crippen MR) is 51.8 cm³/mol. The molecule has 0 aromatic heterocycles. The Morgan fingerprint density at radius 1 is 1.36 bits per heavy atom. The van der Waals surface area contributed by atoms with Crippen LogP contribution in [-0.4, -0.2) is 13.1 Å². The fourth-order valence-corrected chi connectivity index (χ4v) is 2.10. The minimum atomic E-state index is 0. The van der Waals surface area contributed by atoms with Crippen molar-refractivity contribution >= 4 is 0 Å². The van der Waals surface area contributed by atoms with Crippen molar-refractivity contribution in [2.24, 2.45) is 11.8 Å². The fraction of sp³-hybridized carbons (Fsp3) is 1.00. The van der Waals surface area contributed by atoms with Crippen LogP contribution in [0.25, 0.3) is 0 Å². The summed E-state index contributed by atoms with van der Waals surface area (Å²) in [5.41, 5.74) is 0. The van der Waals surface area contributed by atoms with Gasteiger partial charge in [0.25, 0.3) is 0 Å². The van der Waals surface area contributed by atoms with Crippen molar-refractivity contribution < 1.29 is 1.43 Å². The van der Waals surface area contributed by atoms with Crippen LogP contribution >= 0.6 is 0 Å². The van der Waals surface area contributed by atoms with E-state index in [4.69, 9.17) is 0 Å². The summed E-state index contributed by atoms with van der Waals surface area (Å²) in [6.07, 6.45) is 5.66. The zero-order chi connectivity index (χ0) is 8.27. The highest BCUT2D eigenvalue weighted by atomic mass is 14.9. The average molecular weight is 157 g/mol. The van der Waals surface area contributed by atoms with Crippen LogP contribution in [0.5, 0.6) is 0 Å². The molecule has 0 radical (unpaired) electrons. The summed E-state index contributed by atoms with van der Waals surface area (Å²) in [6.45, 7) is 4.70. The third-order valence-corrected chi connectivity index (χ3v) is 3.07. The minimum absolute atomic E-state index is 0. The van der Waals surface area contributed by atoms with E-state index in [0.29, 0.717) is 0 Å². The first-order valence-electron chi connectivity index (χ1n) is 4.91. The van der Waals surface area contributed by atoms with Crippen LogP contribution in [-0.2, 0) is 0 Å². The monoisotopic (exact) mass is 157 g/mol. The SMILES string of the molecule is CNC1CCCC(C(C)C)C1.[HH]. The molecule has 0 aliphatic heterocycles. The smallest absolute Gasteiger partial charge is 0.00668 e. The van der Waals surface area contributed by atoms with Crippen molar-refractivity contribution in [3.05, 3.63) is 0 Å². The second kappa shape index (κ2) is 4.10. The lowest BCUT2D eigenvalue weighted by atomic mass is 9.79. The van der Waals surface area contributed by atoms with Gasteiger partial charge in [0.15, 0.2) is 0 Å². The first-order chi connectivity index (χ1) is 5.24. The topological polar surface area (TPSA) is 12.0 Å². The van der Waals surface area contributed by atoms with Gasteiger partial charge in [-0.3, -0.25) is 0 Å². The molecule has 2 unspecified atom stereocenters. The van der Waals surface area contributed by atoms with Crippen molar-refractivity contribution in [3.8, 4) is 0 Å². The van der Waals surface area contributed by atoms with Gasteiger partial charge in [-0.15, -0.1) is 0 Å². The predicted octanol–water partition coefficient (Wildman–Crippen LogP) is 2.67. The van der Waals surface area contributed by atoms with E-state index in [1.807, 2.05) is 0 Å². The standard InChI is InChI=1S/C10H21N.H2/c1-8(2)9-5-4-6-10(7-9)11-3;/h8-11H,4-7H2,1-3H3;1H. The van der Waals surface area contributed by atoms with Crippen molar-refractivity contribution in [3.63, 3.8) is 0 Å². The van der Waals surface area contributed by atoms with Gasteiger partial charge < -0.3 is 5.32 Å². The Morgan fingerprint density at radius 3 is 2.64 bits per heavy atom. The van der Waals surface area contributed by atoms with Crippen LogP contribution in [0.1, 0.15) is 41.0 Å². The molecule has 0 saturated heterocycles. The van der Waals surface area contributed by atoms with E-state index < -0.39 is 0 Å². The molecule has 0 aromatic carbocycles. The normalized spacial score (nSPS) is 32.7. The van der Waals surface area contributed by atoms with Crippen LogP contribution < -0.4 is 5.32 Å². The average Bonchev–Trinajstić information content (AvgIpc) is 2.05. The Morgan fingerprint density at radius 2 is 2.09 bits per heavy atom. The highest BCUT2D eigenvalue weighted by molar-refractivity contribution is 4.78. The summed E-state index contributed by atoms with van der Waals surface area (Å²) in [5, 5.41) is 3.39. The van der Waals surface area contributed by atoms with E-state index in [1.165, 1.54) is 25.7 Å². The van der Waals surface area contributed by atoms with Crippen LogP contribution in [0.4, 0.5) is 0 Å². The molecule has 1 rings (SSSR count). The minimum Gasteiger partial charge on any atom is -0.317 e. The lowest BCUT2D eigenvalue weighted by Gasteiger charge is -2.31. The van der Waals surface area contributed by atoms with Crippen molar-refractivity contribution in [2.45, 2.75) is 45.6 Å². The molecule has 68 valence electrons. The van der Waals surface area contributed by atoms with E-state index in [-0.39, 0.29) is 1.43 Å². The molecule has 1 aliphatic rings. The number of nitrogens with one attached hydrogen (secondary N) is 1. The van der Waals surface area contributed by atoms with Crippen molar-refractivity contribution in [2.75, 3.05) is 7.05 Å². The Kier molecular flexibility index (Phi) is 3.38. The van der Waals surface area contributed by atoms with Crippen LogP contribution in [0.15, 0.2) is 0 Å². The Balaban J connectivity index is 0.00000121. The van der Waals surface area contributed by atoms with Crippen LogP contribution in [0.2, 0.25) is 0 Å². The molecule has 0 amide bonds.